The number of imidazole rings is 1. The highest BCUT2D eigenvalue weighted by Gasteiger charge is 2.20. The Bertz CT molecular complexity index is 1250. The van der Waals surface area contributed by atoms with Gasteiger partial charge in [0.2, 0.25) is 0 Å². The minimum Gasteiger partial charge on any atom is -0.364 e. The highest BCUT2D eigenvalue weighted by atomic mass is 35.5. The van der Waals surface area contributed by atoms with E-state index in [1.165, 1.54) is 10.7 Å². The lowest BCUT2D eigenvalue weighted by Crippen LogP contribution is -2.18. The number of benzene rings is 2. The van der Waals surface area contributed by atoms with Crippen molar-refractivity contribution in [2.75, 3.05) is 5.32 Å². The number of nitrogens with two attached hydrogens (primary N) is 1. The molecule has 0 unspecified atom stereocenters. The van der Waals surface area contributed by atoms with Crippen molar-refractivity contribution in [3.8, 4) is 11.3 Å². The van der Waals surface area contributed by atoms with Gasteiger partial charge in [-0.2, -0.15) is 0 Å². The minimum atomic E-state index is -0.720. The second-order valence-corrected chi connectivity index (χ2v) is 6.89. The molecule has 144 valence electrons. The maximum absolute atomic E-state index is 13.1. The molecule has 0 saturated heterocycles. The maximum Gasteiger partial charge on any atom is 0.272 e. The van der Waals surface area contributed by atoms with E-state index in [2.05, 4.69) is 15.3 Å². The van der Waals surface area contributed by atoms with Crippen LogP contribution in [0.4, 0.5) is 5.69 Å². The number of anilines is 1. The van der Waals surface area contributed by atoms with E-state index in [-0.39, 0.29) is 17.0 Å². The zero-order valence-corrected chi connectivity index (χ0v) is 16.1. The fourth-order valence-electron chi connectivity index (χ4n) is 2.99. The Morgan fingerprint density at radius 1 is 1.10 bits per heavy atom. The topological polar surface area (TPSA) is 102 Å². The standard InChI is InChI=1S/C21H16ClN5O2/c1-12-7-8-14(22)9-15(12)26-21(29)17-10-16(13-5-3-2-4-6-13)25-20-18(19(23)28)24-11-27(17)20/h2-11H,1H3,(H2,23,28)(H,26,29). The summed E-state index contributed by atoms with van der Waals surface area (Å²) in [5, 5.41) is 3.37. The number of rotatable bonds is 4. The van der Waals surface area contributed by atoms with Gasteiger partial charge in [0.1, 0.15) is 12.0 Å². The van der Waals surface area contributed by atoms with Crippen LogP contribution in [0.5, 0.6) is 0 Å². The molecule has 0 fully saturated rings. The molecule has 2 aromatic carbocycles. The predicted molar refractivity (Wildman–Crippen MR) is 111 cm³/mol. The molecule has 0 aliphatic heterocycles. The van der Waals surface area contributed by atoms with Crippen LogP contribution in [0.3, 0.4) is 0 Å². The largest absolute Gasteiger partial charge is 0.364 e. The monoisotopic (exact) mass is 405 g/mol. The Balaban J connectivity index is 1.87. The summed E-state index contributed by atoms with van der Waals surface area (Å²) in [6.07, 6.45) is 1.36. The van der Waals surface area contributed by atoms with Crippen molar-refractivity contribution < 1.29 is 9.59 Å². The highest BCUT2D eigenvalue weighted by molar-refractivity contribution is 6.31. The summed E-state index contributed by atoms with van der Waals surface area (Å²) in [6, 6.07) is 16.2. The van der Waals surface area contributed by atoms with Gasteiger partial charge in [-0.15, -0.1) is 0 Å². The van der Waals surface area contributed by atoms with Gasteiger partial charge in [-0.1, -0.05) is 48.0 Å². The van der Waals surface area contributed by atoms with Gasteiger partial charge >= 0.3 is 0 Å². The molecule has 29 heavy (non-hydrogen) atoms. The first-order valence-corrected chi connectivity index (χ1v) is 9.12. The van der Waals surface area contributed by atoms with E-state index < -0.39 is 11.8 Å². The van der Waals surface area contributed by atoms with E-state index in [9.17, 15) is 9.59 Å². The van der Waals surface area contributed by atoms with Crippen molar-refractivity contribution in [2.24, 2.45) is 5.73 Å². The Morgan fingerprint density at radius 3 is 2.59 bits per heavy atom. The zero-order valence-electron chi connectivity index (χ0n) is 15.4. The number of aromatic nitrogens is 3. The summed E-state index contributed by atoms with van der Waals surface area (Å²) >= 11 is 6.06. The Labute approximate surface area is 171 Å². The molecule has 3 N–H and O–H groups in total. The molecule has 2 aromatic heterocycles. The molecule has 0 aliphatic rings. The van der Waals surface area contributed by atoms with Crippen LogP contribution in [0.1, 0.15) is 26.5 Å². The average Bonchev–Trinajstić information content (AvgIpc) is 3.15. The van der Waals surface area contributed by atoms with Crippen molar-refractivity contribution in [1.29, 1.82) is 0 Å². The molecule has 4 aromatic rings. The van der Waals surface area contributed by atoms with Crippen molar-refractivity contribution in [3.63, 3.8) is 0 Å². The first-order valence-electron chi connectivity index (χ1n) is 8.75. The third-order valence-corrected chi connectivity index (χ3v) is 4.72. The van der Waals surface area contributed by atoms with E-state index in [1.807, 2.05) is 43.3 Å². The quantitative estimate of drug-likeness (QED) is 0.540. The molecule has 0 saturated carbocycles. The summed E-state index contributed by atoms with van der Waals surface area (Å²) in [4.78, 5) is 33.4. The van der Waals surface area contributed by atoms with Crippen molar-refractivity contribution >= 4 is 34.7 Å². The van der Waals surface area contributed by atoms with E-state index in [1.54, 1.807) is 18.2 Å². The number of carbonyl (C=O) groups is 2. The number of hydrogen-bond donors (Lipinski definition) is 2. The molecule has 0 radical (unpaired) electrons. The van der Waals surface area contributed by atoms with Crippen LogP contribution < -0.4 is 11.1 Å². The molecule has 4 rings (SSSR count). The normalized spacial score (nSPS) is 10.8. The fourth-order valence-corrected chi connectivity index (χ4v) is 3.16. The van der Waals surface area contributed by atoms with E-state index >= 15 is 0 Å². The molecular formula is C21H16ClN5O2. The SMILES string of the molecule is Cc1ccc(Cl)cc1NC(=O)c1cc(-c2ccccc2)nc2c(C(N)=O)ncn12. The van der Waals surface area contributed by atoms with E-state index in [0.29, 0.717) is 16.4 Å². The first-order chi connectivity index (χ1) is 13.9. The molecule has 0 spiro atoms. The van der Waals surface area contributed by atoms with Crippen molar-refractivity contribution in [2.45, 2.75) is 6.92 Å². The number of carbonyl (C=O) groups excluding carboxylic acids is 2. The average molecular weight is 406 g/mol. The van der Waals surface area contributed by atoms with Gasteiger partial charge in [-0.25, -0.2) is 9.97 Å². The summed E-state index contributed by atoms with van der Waals surface area (Å²) in [6.45, 7) is 1.87. The van der Waals surface area contributed by atoms with Gasteiger partial charge in [0, 0.05) is 16.3 Å². The second-order valence-electron chi connectivity index (χ2n) is 6.46. The van der Waals surface area contributed by atoms with Gasteiger partial charge in [0.25, 0.3) is 11.8 Å². The smallest absolute Gasteiger partial charge is 0.272 e. The maximum atomic E-state index is 13.1. The lowest BCUT2D eigenvalue weighted by Gasteiger charge is -2.12. The zero-order chi connectivity index (χ0) is 20.5. The van der Waals surface area contributed by atoms with Crippen LogP contribution in [0, 0.1) is 6.92 Å². The van der Waals surface area contributed by atoms with Crippen molar-refractivity contribution in [3.05, 3.63) is 82.9 Å². The van der Waals surface area contributed by atoms with Crippen LogP contribution in [0.25, 0.3) is 16.9 Å². The fraction of sp³-hybridized carbons (Fsp3) is 0.0476. The molecule has 0 atom stereocenters. The molecular weight excluding hydrogens is 390 g/mol. The van der Waals surface area contributed by atoms with Gasteiger partial charge in [0.15, 0.2) is 11.3 Å². The van der Waals surface area contributed by atoms with E-state index in [4.69, 9.17) is 17.3 Å². The third-order valence-electron chi connectivity index (χ3n) is 4.49. The summed E-state index contributed by atoms with van der Waals surface area (Å²) in [5.74, 6) is -1.12. The molecule has 0 aliphatic carbocycles. The lowest BCUT2D eigenvalue weighted by atomic mass is 10.1. The predicted octanol–water partition coefficient (Wildman–Crippen LogP) is 3.71. The second kappa shape index (κ2) is 7.37. The molecule has 7 nitrogen and oxygen atoms in total. The number of primary amides is 1. The van der Waals surface area contributed by atoms with Crippen LogP contribution >= 0.6 is 11.6 Å². The highest BCUT2D eigenvalue weighted by Crippen LogP contribution is 2.24. The number of amides is 2. The number of hydrogen-bond acceptors (Lipinski definition) is 4. The van der Waals surface area contributed by atoms with Crippen LogP contribution in [0.2, 0.25) is 5.02 Å². The Kier molecular flexibility index (Phi) is 4.74. The first kappa shape index (κ1) is 18.6. The third kappa shape index (κ3) is 3.55. The molecule has 2 heterocycles. The number of nitrogens with zero attached hydrogens (tertiary/aromatic N) is 3. The number of halogens is 1. The van der Waals surface area contributed by atoms with E-state index in [0.717, 1.165) is 11.1 Å². The van der Waals surface area contributed by atoms with Gasteiger partial charge in [-0.3, -0.25) is 14.0 Å². The van der Waals surface area contributed by atoms with Gasteiger partial charge in [0.05, 0.1) is 5.69 Å². The van der Waals surface area contributed by atoms with Crippen LogP contribution in [0.15, 0.2) is 60.9 Å². The molecule has 2 amide bonds. The van der Waals surface area contributed by atoms with Crippen LogP contribution in [-0.4, -0.2) is 26.2 Å². The van der Waals surface area contributed by atoms with Gasteiger partial charge in [-0.05, 0) is 30.7 Å². The Hall–Kier alpha value is -3.71. The Morgan fingerprint density at radius 2 is 1.86 bits per heavy atom. The van der Waals surface area contributed by atoms with Crippen LogP contribution in [-0.2, 0) is 0 Å². The van der Waals surface area contributed by atoms with Crippen molar-refractivity contribution in [1.82, 2.24) is 14.4 Å². The summed E-state index contributed by atoms with van der Waals surface area (Å²) in [7, 11) is 0. The number of nitrogens with one attached hydrogen (secondary N) is 1. The van der Waals surface area contributed by atoms with Gasteiger partial charge < -0.3 is 11.1 Å². The summed E-state index contributed by atoms with van der Waals surface area (Å²) in [5.41, 5.74) is 8.66. The number of aryl methyl sites for hydroxylation is 1. The number of fused-ring (bicyclic) bond motifs is 1. The molecule has 8 heteroatoms. The summed E-state index contributed by atoms with van der Waals surface area (Å²) < 4.78 is 1.45. The minimum absolute atomic E-state index is 0.00392. The molecule has 0 bridgehead atoms. The lowest BCUT2D eigenvalue weighted by molar-refractivity contribution is 0.0993.